The smallest absolute Gasteiger partial charge is 0.221 e. The fourth-order valence-electron chi connectivity index (χ4n) is 3.09. The SMILES string of the molecule is COc1ccc(CCN(CCC(=O)NC2CCCC2)C(C)=O)cc1. The van der Waals surface area contributed by atoms with Crippen molar-refractivity contribution < 1.29 is 14.3 Å². The van der Waals surface area contributed by atoms with Gasteiger partial charge in [0, 0.05) is 32.5 Å². The predicted octanol–water partition coefficient (Wildman–Crippen LogP) is 2.54. The summed E-state index contributed by atoms with van der Waals surface area (Å²) in [6.07, 6.45) is 5.71. The monoisotopic (exact) mass is 332 g/mol. The molecule has 1 saturated carbocycles. The van der Waals surface area contributed by atoms with Crippen LogP contribution >= 0.6 is 0 Å². The van der Waals surface area contributed by atoms with Crippen LogP contribution in [0.2, 0.25) is 0 Å². The van der Waals surface area contributed by atoms with Gasteiger partial charge in [0.05, 0.1) is 7.11 Å². The third kappa shape index (κ3) is 5.87. The number of carbonyl (C=O) groups excluding carboxylic acids is 2. The van der Waals surface area contributed by atoms with Crippen molar-refractivity contribution in [2.24, 2.45) is 0 Å². The Balaban J connectivity index is 1.76. The molecule has 1 aliphatic carbocycles. The molecule has 0 aliphatic heterocycles. The van der Waals surface area contributed by atoms with Crippen LogP contribution in [0.25, 0.3) is 0 Å². The number of nitrogens with zero attached hydrogens (tertiary/aromatic N) is 1. The Morgan fingerprint density at radius 2 is 1.83 bits per heavy atom. The van der Waals surface area contributed by atoms with Crippen LogP contribution in [0.15, 0.2) is 24.3 Å². The zero-order valence-electron chi connectivity index (χ0n) is 14.7. The van der Waals surface area contributed by atoms with E-state index in [2.05, 4.69) is 5.32 Å². The van der Waals surface area contributed by atoms with Crippen LogP contribution in [0.4, 0.5) is 0 Å². The highest BCUT2D eigenvalue weighted by Gasteiger charge is 2.18. The lowest BCUT2D eigenvalue weighted by atomic mass is 10.1. The summed E-state index contributed by atoms with van der Waals surface area (Å²) in [6, 6.07) is 8.18. The first-order valence-corrected chi connectivity index (χ1v) is 8.76. The van der Waals surface area contributed by atoms with E-state index < -0.39 is 0 Å². The van der Waals surface area contributed by atoms with Crippen LogP contribution < -0.4 is 10.1 Å². The van der Waals surface area contributed by atoms with E-state index in [-0.39, 0.29) is 11.8 Å². The molecule has 0 unspecified atom stereocenters. The second-order valence-corrected chi connectivity index (χ2v) is 6.40. The number of hydrogen-bond acceptors (Lipinski definition) is 3. The van der Waals surface area contributed by atoms with E-state index in [0.29, 0.717) is 25.6 Å². The fourth-order valence-corrected chi connectivity index (χ4v) is 3.09. The first kappa shape index (κ1) is 18.3. The second-order valence-electron chi connectivity index (χ2n) is 6.40. The Bertz CT molecular complexity index is 536. The normalized spacial score (nSPS) is 14.4. The summed E-state index contributed by atoms with van der Waals surface area (Å²) in [6.45, 7) is 2.66. The number of carbonyl (C=O) groups is 2. The molecule has 1 aromatic carbocycles. The minimum Gasteiger partial charge on any atom is -0.497 e. The van der Waals surface area contributed by atoms with Crippen LogP contribution in [0.1, 0.15) is 44.6 Å². The van der Waals surface area contributed by atoms with E-state index in [1.807, 2.05) is 24.3 Å². The molecule has 0 heterocycles. The molecular weight excluding hydrogens is 304 g/mol. The summed E-state index contributed by atoms with van der Waals surface area (Å²) in [4.78, 5) is 25.6. The van der Waals surface area contributed by atoms with Crippen molar-refractivity contribution in [1.29, 1.82) is 0 Å². The molecule has 0 saturated heterocycles. The van der Waals surface area contributed by atoms with Crippen LogP contribution in [-0.2, 0) is 16.0 Å². The Labute approximate surface area is 144 Å². The number of rotatable bonds is 8. The van der Waals surface area contributed by atoms with Gasteiger partial charge in [-0.1, -0.05) is 25.0 Å². The molecular formula is C19H28N2O3. The Hall–Kier alpha value is -2.04. The molecule has 5 heteroatoms. The molecule has 1 aromatic rings. The standard InChI is InChI=1S/C19H28N2O3/c1-15(22)21(13-11-16-7-9-18(24-2)10-8-16)14-12-19(23)20-17-5-3-4-6-17/h7-10,17H,3-6,11-14H2,1-2H3,(H,20,23). The first-order valence-electron chi connectivity index (χ1n) is 8.76. The molecule has 1 N–H and O–H groups in total. The average Bonchev–Trinajstić information content (AvgIpc) is 3.08. The van der Waals surface area contributed by atoms with Gasteiger partial charge in [0.25, 0.3) is 0 Å². The Morgan fingerprint density at radius 3 is 2.42 bits per heavy atom. The minimum atomic E-state index is 0.0113. The van der Waals surface area contributed by atoms with E-state index in [9.17, 15) is 9.59 Å². The number of ether oxygens (including phenoxy) is 1. The van der Waals surface area contributed by atoms with Crippen molar-refractivity contribution in [2.75, 3.05) is 20.2 Å². The lowest BCUT2D eigenvalue weighted by molar-refractivity contribution is -0.129. The summed E-state index contributed by atoms with van der Waals surface area (Å²) in [5, 5.41) is 3.07. The predicted molar refractivity (Wildman–Crippen MR) is 94.0 cm³/mol. The number of amides is 2. The lowest BCUT2D eigenvalue weighted by Gasteiger charge is -2.21. The fraction of sp³-hybridized carbons (Fsp3) is 0.579. The number of benzene rings is 1. The van der Waals surface area contributed by atoms with Crippen molar-refractivity contribution in [3.8, 4) is 5.75 Å². The maximum atomic E-state index is 12.0. The summed E-state index contributed by atoms with van der Waals surface area (Å²) in [5.74, 6) is 0.889. The molecule has 0 bridgehead atoms. The van der Waals surface area contributed by atoms with Gasteiger partial charge in [-0.3, -0.25) is 9.59 Å². The number of nitrogens with one attached hydrogen (secondary N) is 1. The highest BCUT2D eigenvalue weighted by molar-refractivity contribution is 5.78. The molecule has 132 valence electrons. The average molecular weight is 332 g/mol. The second kappa shape index (κ2) is 9.30. The van der Waals surface area contributed by atoms with E-state index in [0.717, 1.165) is 30.6 Å². The van der Waals surface area contributed by atoms with Gasteiger partial charge in [-0.25, -0.2) is 0 Å². The van der Waals surface area contributed by atoms with Gasteiger partial charge in [0.15, 0.2) is 0 Å². The maximum Gasteiger partial charge on any atom is 0.221 e. The quantitative estimate of drug-likeness (QED) is 0.796. The van der Waals surface area contributed by atoms with E-state index >= 15 is 0 Å². The lowest BCUT2D eigenvalue weighted by Crippen LogP contribution is -2.37. The molecule has 0 spiro atoms. The topological polar surface area (TPSA) is 58.6 Å². The summed E-state index contributed by atoms with van der Waals surface area (Å²) in [7, 11) is 1.64. The minimum absolute atomic E-state index is 0.0113. The molecule has 0 radical (unpaired) electrons. The third-order valence-electron chi connectivity index (χ3n) is 4.60. The molecule has 0 atom stereocenters. The Morgan fingerprint density at radius 1 is 1.17 bits per heavy atom. The van der Waals surface area contributed by atoms with Crippen LogP contribution in [0, 0.1) is 0 Å². The van der Waals surface area contributed by atoms with Gasteiger partial charge in [0.1, 0.15) is 5.75 Å². The van der Waals surface area contributed by atoms with Gasteiger partial charge in [-0.2, -0.15) is 0 Å². The summed E-state index contributed by atoms with van der Waals surface area (Å²) >= 11 is 0. The van der Waals surface area contributed by atoms with Gasteiger partial charge < -0.3 is 15.0 Å². The number of methoxy groups -OCH3 is 1. The van der Waals surface area contributed by atoms with Crippen molar-refractivity contribution in [3.05, 3.63) is 29.8 Å². The van der Waals surface area contributed by atoms with E-state index in [1.54, 1.807) is 18.9 Å². The molecule has 5 nitrogen and oxygen atoms in total. The molecule has 1 fully saturated rings. The molecule has 24 heavy (non-hydrogen) atoms. The zero-order valence-corrected chi connectivity index (χ0v) is 14.7. The van der Waals surface area contributed by atoms with Crippen molar-refractivity contribution in [1.82, 2.24) is 10.2 Å². The van der Waals surface area contributed by atoms with Crippen LogP contribution in [0.3, 0.4) is 0 Å². The highest BCUT2D eigenvalue weighted by atomic mass is 16.5. The molecule has 1 aliphatic rings. The molecule has 2 rings (SSSR count). The highest BCUT2D eigenvalue weighted by Crippen LogP contribution is 2.17. The zero-order chi connectivity index (χ0) is 17.4. The maximum absolute atomic E-state index is 12.0. The third-order valence-corrected chi connectivity index (χ3v) is 4.60. The largest absolute Gasteiger partial charge is 0.497 e. The molecule has 0 aromatic heterocycles. The van der Waals surface area contributed by atoms with Gasteiger partial charge in [-0.05, 0) is 37.0 Å². The van der Waals surface area contributed by atoms with Crippen LogP contribution in [-0.4, -0.2) is 43.0 Å². The van der Waals surface area contributed by atoms with Crippen molar-refractivity contribution in [2.45, 2.75) is 51.5 Å². The Kier molecular flexibility index (Phi) is 7.09. The molecule has 2 amide bonds. The van der Waals surface area contributed by atoms with E-state index in [1.165, 1.54) is 12.8 Å². The van der Waals surface area contributed by atoms with Crippen molar-refractivity contribution in [3.63, 3.8) is 0 Å². The van der Waals surface area contributed by atoms with Gasteiger partial charge in [0.2, 0.25) is 11.8 Å². The van der Waals surface area contributed by atoms with Crippen molar-refractivity contribution >= 4 is 11.8 Å². The summed E-state index contributed by atoms with van der Waals surface area (Å²) < 4.78 is 5.14. The van der Waals surface area contributed by atoms with E-state index in [4.69, 9.17) is 4.74 Å². The van der Waals surface area contributed by atoms with Crippen LogP contribution in [0.5, 0.6) is 5.75 Å². The van der Waals surface area contributed by atoms with Gasteiger partial charge >= 0.3 is 0 Å². The first-order chi connectivity index (χ1) is 11.6. The number of hydrogen-bond donors (Lipinski definition) is 1. The van der Waals surface area contributed by atoms with Gasteiger partial charge in [-0.15, -0.1) is 0 Å². The summed E-state index contributed by atoms with van der Waals surface area (Å²) in [5.41, 5.74) is 1.15.